The number of nitrogens with one attached hydrogen (secondary N) is 1. The monoisotopic (exact) mass is 476 g/mol. The maximum absolute atomic E-state index is 9.47. The van der Waals surface area contributed by atoms with Crippen molar-refractivity contribution >= 4 is 64.4 Å². The van der Waals surface area contributed by atoms with Crippen LogP contribution in [0.1, 0.15) is 5.56 Å². The molecule has 3 heteroatoms. The number of benzene rings is 6. The molecule has 0 unspecified atom stereocenters. The second-order valence-electron chi connectivity index (χ2n) is 8.98. The first-order valence-electron chi connectivity index (χ1n) is 11.9. The van der Waals surface area contributed by atoms with Crippen LogP contribution < -0.4 is 5.32 Å². The predicted octanol–water partition coefficient (Wildman–Crippen LogP) is 9.64. The Kier molecular flexibility index (Phi) is 4.73. The van der Waals surface area contributed by atoms with Gasteiger partial charge < -0.3 is 5.32 Å². The van der Waals surface area contributed by atoms with Gasteiger partial charge >= 0.3 is 0 Å². The zero-order valence-electron chi connectivity index (χ0n) is 19.3. The van der Waals surface area contributed by atoms with E-state index < -0.39 is 0 Å². The molecule has 7 aromatic rings. The summed E-state index contributed by atoms with van der Waals surface area (Å²) in [6.07, 6.45) is 0. The molecule has 36 heavy (non-hydrogen) atoms. The van der Waals surface area contributed by atoms with Gasteiger partial charge in [-0.25, -0.2) is 0 Å². The molecule has 168 valence electrons. The lowest BCUT2D eigenvalue weighted by atomic mass is 9.90. The minimum atomic E-state index is 0.642. The van der Waals surface area contributed by atoms with Crippen molar-refractivity contribution in [2.75, 3.05) is 5.32 Å². The number of nitrogens with zero attached hydrogens (tertiary/aromatic N) is 1. The quantitative estimate of drug-likeness (QED) is 0.258. The van der Waals surface area contributed by atoms with Crippen LogP contribution in [0.3, 0.4) is 0 Å². The summed E-state index contributed by atoms with van der Waals surface area (Å²) in [5.74, 6) is 0. The summed E-state index contributed by atoms with van der Waals surface area (Å²) in [5.41, 5.74) is 5.11. The van der Waals surface area contributed by atoms with Gasteiger partial charge in [0.15, 0.2) is 0 Å². The number of thiophene rings is 1. The van der Waals surface area contributed by atoms with Crippen LogP contribution in [0.4, 0.5) is 11.4 Å². The molecular weight excluding hydrogens is 456 g/mol. The van der Waals surface area contributed by atoms with Gasteiger partial charge in [-0.05, 0) is 63.7 Å². The Bertz CT molecular complexity index is 1980. The molecule has 1 N–H and O–H groups in total. The molecule has 0 amide bonds. The van der Waals surface area contributed by atoms with Gasteiger partial charge in [0.1, 0.15) is 0 Å². The second-order valence-corrected chi connectivity index (χ2v) is 10.0. The van der Waals surface area contributed by atoms with Crippen molar-refractivity contribution in [2.45, 2.75) is 0 Å². The predicted molar refractivity (Wildman–Crippen MR) is 154 cm³/mol. The molecule has 0 aliphatic rings. The van der Waals surface area contributed by atoms with Gasteiger partial charge in [0, 0.05) is 26.5 Å². The number of fused-ring (bicyclic) bond motifs is 5. The van der Waals surface area contributed by atoms with Crippen LogP contribution in [-0.4, -0.2) is 0 Å². The minimum absolute atomic E-state index is 0.642. The average Bonchev–Trinajstić information content (AvgIpc) is 3.32. The lowest BCUT2D eigenvalue weighted by Crippen LogP contribution is -1.95. The highest BCUT2D eigenvalue weighted by molar-refractivity contribution is 7.26. The number of hydrogen-bond donors (Lipinski definition) is 1. The highest BCUT2D eigenvalue weighted by Gasteiger charge is 2.20. The molecule has 0 atom stereocenters. The second kappa shape index (κ2) is 8.23. The van der Waals surface area contributed by atoms with Gasteiger partial charge in [0.2, 0.25) is 0 Å². The van der Waals surface area contributed by atoms with Crippen molar-refractivity contribution in [1.82, 2.24) is 0 Å². The van der Waals surface area contributed by atoms with E-state index in [1.807, 2.05) is 35.6 Å². The molecule has 1 heterocycles. The Hall–Kier alpha value is -4.65. The van der Waals surface area contributed by atoms with Crippen molar-refractivity contribution in [2.24, 2.45) is 0 Å². The van der Waals surface area contributed by atoms with E-state index in [1.165, 1.54) is 52.8 Å². The highest BCUT2D eigenvalue weighted by atomic mass is 32.1. The molecule has 1 aromatic heterocycles. The van der Waals surface area contributed by atoms with E-state index in [0.717, 1.165) is 11.4 Å². The van der Waals surface area contributed by atoms with Crippen molar-refractivity contribution < 1.29 is 0 Å². The fraction of sp³-hybridized carbons (Fsp3) is 0. The van der Waals surface area contributed by atoms with Crippen LogP contribution in [0.2, 0.25) is 0 Å². The number of hydrogen-bond acceptors (Lipinski definition) is 3. The van der Waals surface area contributed by atoms with Gasteiger partial charge in [-0.1, -0.05) is 78.9 Å². The van der Waals surface area contributed by atoms with Crippen molar-refractivity contribution in [3.8, 4) is 17.2 Å². The Morgan fingerprint density at radius 2 is 1.36 bits per heavy atom. The van der Waals surface area contributed by atoms with Crippen LogP contribution in [-0.2, 0) is 0 Å². The number of rotatable bonds is 3. The summed E-state index contributed by atoms with van der Waals surface area (Å²) in [6.45, 7) is 0. The molecule has 7 rings (SSSR count). The summed E-state index contributed by atoms with van der Waals surface area (Å²) >= 11 is 1.82. The highest BCUT2D eigenvalue weighted by Crippen LogP contribution is 2.50. The zero-order chi connectivity index (χ0) is 24.1. The van der Waals surface area contributed by atoms with E-state index >= 15 is 0 Å². The maximum atomic E-state index is 9.47. The standard InChI is InChI=1S/C33H20N2S/c34-20-21-9-8-14-25(17-21)35-32-28-19-24-13-5-4-12-23(24)18-27(28)30(22-10-2-1-3-11-22)31-26-15-6-7-16-29(26)36-33(31)32/h1-19,35H. The van der Waals surface area contributed by atoms with Crippen LogP contribution in [0.15, 0.2) is 115 Å². The van der Waals surface area contributed by atoms with E-state index in [2.05, 4.69) is 102 Å². The van der Waals surface area contributed by atoms with Crippen LogP contribution >= 0.6 is 11.3 Å². The van der Waals surface area contributed by atoms with Crippen molar-refractivity contribution in [3.63, 3.8) is 0 Å². The number of anilines is 2. The SMILES string of the molecule is N#Cc1cccc(Nc2c3cc4ccccc4cc3c(-c3ccccc3)c3c2sc2ccccc23)c1. The molecule has 0 saturated carbocycles. The third kappa shape index (κ3) is 3.24. The van der Waals surface area contributed by atoms with E-state index in [0.29, 0.717) is 5.56 Å². The summed E-state index contributed by atoms with van der Waals surface area (Å²) in [6, 6.07) is 42.5. The summed E-state index contributed by atoms with van der Waals surface area (Å²) in [5, 5.41) is 20.6. The van der Waals surface area contributed by atoms with Crippen LogP contribution in [0, 0.1) is 11.3 Å². The fourth-order valence-electron chi connectivity index (χ4n) is 5.22. The minimum Gasteiger partial charge on any atom is -0.354 e. The van der Waals surface area contributed by atoms with Crippen LogP contribution in [0.25, 0.3) is 52.8 Å². The summed E-state index contributed by atoms with van der Waals surface area (Å²) in [4.78, 5) is 0. The first kappa shape index (κ1) is 20.7. The Labute approximate surface area is 212 Å². The molecule has 0 spiro atoms. The van der Waals surface area contributed by atoms with Gasteiger partial charge in [-0.2, -0.15) is 5.26 Å². The topological polar surface area (TPSA) is 35.8 Å². The average molecular weight is 477 g/mol. The van der Waals surface area contributed by atoms with E-state index in [-0.39, 0.29) is 0 Å². The molecule has 0 aliphatic carbocycles. The molecular formula is C33H20N2S. The Morgan fingerprint density at radius 3 is 2.17 bits per heavy atom. The Morgan fingerprint density at radius 1 is 0.639 bits per heavy atom. The number of nitriles is 1. The van der Waals surface area contributed by atoms with Crippen LogP contribution in [0.5, 0.6) is 0 Å². The normalized spacial score (nSPS) is 11.3. The van der Waals surface area contributed by atoms with E-state index in [9.17, 15) is 5.26 Å². The fourth-order valence-corrected chi connectivity index (χ4v) is 6.44. The van der Waals surface area contributed by atoms with Gasteiger partial charge in [-0.15, -0.1) is 11.3 Å². The summed E-state index contributed by atoms with van der Waals surface area (Å²) in [7, 11) is 0. The third-order valence-corrected chi connectivity index (χ3v) is 8.01. The third-order valence-electron chi connectivity index (χ3n) is 6.82. The zero-order valence-corrected chi connectivity index (χ0v) is 20.1. The first-order chi connectivity index (χ1) is 17.8. The lowest BCUT2D eigenvalue weighted by Gasteiger charge is -2.18. The Balaban J connectivity index is 1.69. The molecule has 0 aliphatic heterocycles. The van der Waals surface area contributed by atoms with E-state index in [4.69, 9.17) is 0 Å². The molecule has 0 fully saturated rings. The lowest BCUT2D eigenvalue weighted by molar-refractivity contribution is 1.48. The molecule has 0 bridgehead atoms. The smallest absolute Gasteiger partial charge is 0.0992 e. The largest absolute Gasteiger partial charge is 0.354 e. The van der Waals surface area contributed by atoms with Gasteiger partial charge in [0.25, 0.3) is 0 Å². The van der Waals surface area contributed by atoms with E-state index in [1.54, 1.807) is 0 Å². The molecule has 6 aromatic carbocycles. The molecule has 0 saturated heterocycles. The van der Waals surface area contributed by atoms with Crippen molar-refractivity contribution in [3.05, 3.63) is 121 Å². The van der Waals surface area contributed by atoms with Gasteiger partial charge in [-0.3, -0.25) is 0 Å². The van der Waals surface area contributed by atoms with Gasteiger partial charge in [0.05, 0.1) is 22.0 Å². The maximum Gasteiger partial charge on any atom is 0.0992 e. The molecule has 2 nitrogen and oxygen atoms in total. The first-order valence-corrected chi connectivity index (χ1v) is 12.7. The van der Waals surface area contributed by atoms with Crippen molar-refractivity contribution in [1.29, 1.82) is 5.26 Å². The molecule has 0 radical (unpaired) electrons. The summed E-state index contributed by atoms with van der Waals surface area (Å²) < 4.78 is 2.48.